The predicted molar refractivity (Wildman–Crippen MR) is 135 cm³/mol. The maximum atomic E-state index is 15.2. The zero-order valence-corrected chi connectivity index (χ0v) is 20.4. The molecule has 5 rings (SSSR count). The Bertz CT molecular complexity index is 1330. The molecule has 1 aliphatic carbocycles. The van der Waals surface area contributed by atoms with Crippen LogP contribution in [-0.4, -0.2) is 46.5 Å². The first-order chi connectivity index (χ1) is 17.4. The Labute approximate surface area is 208 Å². The Morgan fingerprint density at radius 1 is 1.14 bits per heavy atom. The molecule has 1 fully saturated rings. The highest BCUT2D eigenvalue weighted by Crippen LogP contribution is 2.36. The van der Waals surface area contributed by atoms with Crippen LogP contribution in [0.1, 0.15) is 43.5 Å². The maximum absolute atomic E-state index is 15.2. The van der Waals surface area contributed by atoms with E-state index in [2.05, 4.69) is 30.4 Å². The summed E-state index contributed by atoms with van der Waals surface area (Å²) in [5, 5.41) is 10.3. The largest absolute Gasteiger partial charge is 0.421 e. The molecule has 0 unspecified atom stereocenters. The van der Waals surface area contributed by atoms with Crippen molar-refractivity contribution in [2.45, 2.75) is 39.2 Å². The maximum Gasteiger partial charge on any atom is 0.326 e. The van der Waals surface area contributed by atoms with E-state index in [4.69, 9.17) is 9.47 Å². The van der Waals surface area contributed by atoms with Gasteiger partial charge in [0.25, 0.3) is 0 Å². The van der Waals surface area contributed by atoms with Crippen LogP contribution < -0.4 is 15.0 Å². The number of piperidine rings is 1. The number of anilines is 3. The summed E-state index contributed by atoms with van der Waals surface area (Å²) in [6, 6.07) is 4.59. The standard InChI is InChI=1S/C26H28F2N6O2/c1-4-5-16-12-23(33-32-16)29-22-14-24(34-8-6-17(35-3)7-9-34)31-26(30-22)36-21-13-20(27)18-10-15(2)11-19(18)25(21)28/h4-5,11-14,17H,6-10H2,1-3H3,(H2,29,30,31,32,33)/b5-4+. The van der Waals surface area contributed by atoms with Gasteiger partial charge in [-0.2, -0.15) is 15.1 Å². The third-order valence-electron chi connectivity index (χ3n) is 6.36. The molecule has 3 heterocycles. The van der Waals surface area contributed by atoms with E-state index in [0.717, 1.165) is 43.3 Å². The summed E-state index contributed by atoms with van der Waals surface area (Å²) >= 11 is 0. The number of hydrogen-bond donors (Lipinski definition) is 2. The second kappa shape index (κ2) is 10.1. The predicted octanol–water partition coefficient (Wildman–Crippen LogP) is 5.62. The molecule has 0 bridgehead atoms. The van der Waals surface area contributed by atoms with Gasteiger partial charge in [0.05, 0.1) is 11.8 Å². The smallest absolute Gasteiger partial charge is 0.326 e. The van der Waals surface area contributed by atoms with Crippen LogP contribution in [0.15, 0.2) is 29.8 Å². The van der Waals surface area contributed by atoms with Crippen LogP contribution in [-0.2, 0) is 11.2 Å². The van der Waals surface area contributed by atoms with Gasteiger partial charge in [-0.15, -0.1) is 0 Å². The number of fused-ring (bicyclic) bond motifs is 1. The van der Waals surface area contributed by atoms with Crippen molar-refractivity contribution in [3.05, 3.63) is 58.3 Å². The normalized spacial score (nSPS) is 15.9. The first-order valence-corrected chi connectivity index (χ1v) is 11.9. The van der Waals surface area contributed by atoms with Crippen molar-refractivity contribution >= 4 is 29.6 Å². The van der Waals surface area contributed by atoms with Crippen LogP contribution in [0, 0.1) is 11.6 Å². The highest BCUT2D eigenvalue weighted by molar-refractivity contribution is 5.66. The molecule has 3 aromatic rings. The number of methoxy groups -OCH3 is 1. The molecule has 0 radical (unpaired) electrons. The van der Waals surface area contributed by atoms with Crippen molar-refractivity contribution in [2.75, 3.05) is 30.4 Å². The van der Waals surface area contributed by atoms with E-state index in [1.54, 1.807) is 19.3 Å². The molecule has 2 aliphatic rings. The Hall–Kier alpha value is -3.79. The SMILES string of the molecule is C/C=C/c1cc(Nc2cc(N3CCC(OC)CC3)nc(Oc3cc(F)c4c(c3F)C=C(C)C4)n2)n[nH]1. The van der Waals surface area contributed by atoms with Crippen molar-refractivity contribution in [3.63, 3.8) is 0 Å². The number of aromatic amines is 1. The van der Waals surface area contributed by atoms with Crippen molar-refractivity contribution in [1.82, 2.24) is 20.2 Å². The molecular formula is C26H28F2N6O2. The van der Waals surface area contributed by atoms with Gasteiger partial charge in [0, 0.05) is 49.5 Å². The quantitative estimate of drug-likeness (QED) is 0.441. The molecule has 0 saturated carbocycles. The fourth-order valence-electron chi connectivity index (χ4n) is 4.54. The van der Waals surface area contributed by atoms with Gasteiger partial charge in [-0.1, -0.05) is 17.7 Å². The summed E-state index contributed by atoms with van der Waals surface area (Å²) in [6.07, 6.45) is 7.71. The van der Waals surface area contributed by atoms with E-state index >= 15 is 4.39 Å². The zero-order chi connectivity index (χ0) is 25.2. The average molecular weight is 495 g/mol. The van der Waals surface area contributed by atoms with Crippen molar-refractivity contribution in [3.8, 4) is 11.8 Å². The molecule has 1 aromatic carbocycles. The van der Waals surface area contributed by atoms with E-state index in [1.165, 1.54) is 0 Å². The van der Waals surface area contributed by atoms with E-state index in [1.807, 2.05) is 32.1 Å². The molecule has 2 N–H and O–H groups in total. The van der Waals surface area contributed by atoms with E-state index < -0.39 is 11.6 Å². The lowest BCUT2D eigenvalue weighted by molar-refractivity contribution is 0.0818. The Kier molecular flexibility index (Phi) is 6.69. The minimum Gasteiger partial charge on any atom is -0.421 e. The van der Waals surface area contributed by atoms with E-state index in [0.29, 0.717) is 29.4 Å². The van der Waals surface area contributed by atoms with Crippen LogP contribution >= 0.6 is 0 Å². The minimum absolute atomic E-state index is 0.0926. The van der Waals surface area contributed by atoms with Crippen LogP contribution in [0.4, 0.5) is 26.2 Å². The first kappa shape index (κ1) is 23.9. The summed E-state index contributed by atoms with van der Waals surface area (Å²) in [5.74, 6) is 0.176. The molecule has 8 nitrogen and oxygen atoms in total. The summed E-state index contributed by atoms with van der Waals surface area (Å²) in [6.45, 7) is 5.22. The fraction of sp³-hybridized carbons (Fsp3) is 0.346. The Morgan fingerprint density at radius 3 is 2.69 bits per heavy atom. The highest BCUT2D eigenvalue weighted by atomic mass is 19.1. The number of rotatable bonds is 7. The topological polar surface area (TPSA) is 88.2 Å². The summed E-state index contributed by atoms with van der Waals surface area (Å²) in [4.78, 5) is 11.0. The number of hydrogen-bond acceptors (Lipinski definition) is 7. The van der Waals surface area contributed by atoms with Crippen molar-refractivity contribution in [1.29, 1.82) is 0 Å². The van der Waals surface area contributed by atoms with Gasteiger partial charge in [-0.25, -0.2) is 8.78 Å². The number of aromatic nitrogens is 4. The number of allylic oxidation sites excluding steroid dienone is 2. The molecule has 36 heavy (non-hydrogen) atoms. The van der Waals surface area contributed by atoms with E-state index in [-0.39, 0.29) is 23.4 Å². The van der Waals surface area contributed by atoms with Crippen molar-refractivity contribution in [2.24, 2.45) is 0 Å². The number of ether oxygens (including phenoxy) is 2. The molecule has 10 heteroatoms. The molecule has 188 valence electrons. The average Bonchev–Trinajstić information content (AvgIpc) is 3.49. The summed E-state index contributed by atoms with van der Waals surface area (Å²) in [5.41, 5.74) is 2.27. The molecule has 1 aliphatic heterocycles. The second-order valence-corrected chi connectivity index (χ2v) is 8.98. The molecule has 1 saturated heterocycles. The van der Waals surface area contributed by atoms with Gasteiger partial charge in [-0.3, -0.25) is 5.10 Å². The van der Waals surface area contributed by atoms with Gasteiger partial charge in [0.2, 0.25) is 0 Å². The van der Waals surface area contributed by atoms with Gasteiger partial charge in [0.15, 0.2) is 17.4 Å². The third kappa shape index (κ3) is 4.94. The van der Waals surface area contributed by atoms with Crippen molar-refractivity contribution < 1.29 is 18.3 Å². The van der Waals surface area contributed by atoms with Gasteiger partial charge in [-0.05, 0) is 39.2 Å². The van der Waals surface area contributed by atoms with Gasteiger partial charge < -0.3 is 19.7 Å². The molecule has 0 atom stereocenters. The summed E-state index contributed by atoms with van der Waals surface area (Å²) in [7, 11) is 1.71. The van der Waals surface area contributed by atoms with Crippen LogP contribution in [0.2, 0.25) is 0 Å². The third-order valence-corrected chi connectivity index (χ3v) is 6.36. The molecule has 2 aromatic heterocycles. The molecule has 0 amide bonds. The minimum atomic E-state index is -0.629. The Balaban J connectivity index is 1.47. The first-order valence-electron chi connectivity index (χ1n) is 11.9. The van der Waals surface area contributed by atoms with Gasteiger partial charge >= 0.3 is 6.01 Å². The molecular weight excluding hydrogens is 466 g/mol. The number of nitrogens with one attached hydrogen (secondary N) is 2. The van der Waals surface area contributed by atoms with E-state index in [9.17, 15) is 4.39 Å². The number of H-pyrrole nitrogens is 1. The number of nitrogens with zero attached hydrogens (tertiary/aromatic N) is 4. The van der Waals surface area contributed by atoms with Crippen LogP contribution in [0.25, 0.3) is 12.2 Å². The van der Waals surface area contributed by atoms with Crippen LogP contribution in [0.5, 0.6) is 11.8 Å². The number of benzene rings is 1. The van der Waals surface area contributed by atoms with Gasteiger partial charge in [0.1, 0.15) is 17.5 Å². The Morgan fingerprint density at radius 2 is 1.94 bits per heavy atom. The monoisotopic (exact) mass is 494 g/mol. The zero-order valence-electron chi connectivity index (χ0n) is 20.4. The lowest BCUT2D eigenvalue weighted by Crippen LogP contribution is -2.37. The summed E-state index contributed by atoms with van der Waals surface area (Å²) < 4.78 is 41.2. The van der Waals surface area contributed by atoms with Crippen LogP contribution in [0.3, 0.4) is 0 Å². The molecule has 0 spiro atoms. The fourth-order valence-corrected chi connectivity index (χ4v) is 4.54. The highest BCUT2D eigenvalue weighted by Gasteiger charge is 2.25. The lowest BCUT2D eigenvalue weighted by atomic mass is 10.1. The number of halogens is 2. The lowest BCUT2D eigenvalue weighted by Gasteiger charge is -2.32. The second-order valence-electron chi connectivity index (χ2n) is 8.98.